The van der Waals surface area contributed by atoms with Gasteiger partial charge in [0.05, 0.1) is 29.4 Å². The van der Waals surface area contributed by atoms with Crippen LogP contribution in [-0.4, -0.2) is 27.1 Å². The molecule has 1 aromatic heterocycles. The van der Waals surface area contributed by atoms with Crippen LogP contribution in [0.1, 0.15) is 44.0 Å². The summed E-state index contributed by atoms with van der Waals surface area (Å²) in [7, 11) is -3.44. The summed E-state index contributed by atoms with van der Waals surface area (Å²) in [5.41, 5.74) is 0.639. The monoisotopic (exact) mass is 469 g/mol. The summed E-state index contributed by atoms with van der Waals surface area (Å²) in [6.45, 7) is 5.83. The van der Waals surface area contributed by atoms with Gasteiger partial charge in [0.25, 0.3) is 0 Å². The van der Waals surface area contributed by atoms with Gasteiger partial charge in [0.1, 0.15) is 11.9 Å². The molecule has 1 heterocycles. The maximum absolute atomic E-state index is 13.6. The maximum Gasteiger partial charge on any atom is 0.322 e. The molecule has 0 spiro atoms. The summed E-state index contributed by atoms with van der Waals surface area (Å²) in [5, 5.41) is 11.7. The number of esters is 1. The first-order chi connectivity index (χ1) is 15.5. The van der Waals surface area contributed by atoms with Crippen molar-refractivity contribution in [2.75, 3.05) is 0 Å². The van der Waals surface area contributed by atoms with E-state index in [2.05, 4.69) is 4.74 Å². The van der Waals surface area contributed by atoms with Gasteiger partial charge in [0.15, 0.2) is 8.03 Å². The molecular weight excluding hydrogens is 444 g/mol. The van der Waals surface area contributed by atoms with Crippen molar-refractivity contribution in [2.24, 2.45) is 0 Å². The second-order valence-electron chi connectivity index (χ2n) is 8.70. The fraction of sp³-hybridized carbons (Fsp3) is 0.280. The highest BCUT2D eigenvalue weighted by molar-refractivity contribution is 7.38. The summed E-state index contributed by atoms with van der Waals surface area (Å²) in [5.74, 6) is -1.34. The third-order valence-corrected chi connectivity index (χ3v) is 6.51. The molecule has 0 radical (unpaired) electrons. The van der Waals surface area contributed by atoms with E-state index in [1.165, 1.54) is 24.3 Å². The Morgan fingerprint density at radius 1 is 1.21 bits per heavy atom. The lowest BCUT2D eigenvalue weighted by Gasteiger charge is -2.31. The van der Waals surface area contributed by atoms with Crippen LogP contribution in [0.2, 0.25) is 0 Å². The van der Waals surface area contributed by atoms with Gasteiger partial charge in [-0.2, -0.15) is 0 Å². The molecule has 2 aromatic carbocycles. The molecular formula is C25H25FNO5P. The predicted molar refractivity (Wildman–Crippen MR) is 125 cm³/mol. The molecule has 0 aliphatic rings. The third kappa shape index (κ3) is 5.31. The number of hydrogen-bond acceptors (Lipinski definition) is 5. The van der Waals surface area contributed by atoms with Gasteiger partial charge < -0.3 is 14.7 Å². The number of aliphatic hydroxyl groups is 1. The smallest absolute Gasteiger partial charge is 0.322 e. The summed E-state index contributed by atoms with van der Waals surface area (Å²) < 4.78 is 30.8. The molecule has 33 heavy (non-hydrogen) atoms. The fourth-order valence-electron chi connectivity index (χ4n) is 4.04. The Kier molecular flexibility index (Phi) is 7.34. The molecule has 3 aromatic rings. The highest BCUT2D eigenvalue weighted by Gasteiger charge is 2.37. The SMILES string of the molecule is C#COC(=O)CC(O)C(c1c(-c2ccc(F)cc2)nc2ccccc2c1C(C)(C)C)[PH](=O)O. The molecule has 0 aliphatic carbocycles. The molecule has 3 rings (SSSR count). The van der Waals surface area contributed by atoms with Crippen LogP contribution >= 0.6 is 8.03 Å². The molecule has 8 heteroatoms. The molecule has 0 bridgehead atoms. The molecule has 3 unspecified atom stereocenters. The molecule has 0 saturated carbocycles. The topological polar surface area (TPSA) is 96.7 Å². The number of rotatable bonds is 6. The van der Waals surface area contributed by atoms with E-state index >= 15 is 0 Å². The van der Waals surface area contributed by atoms with Gasteiger partial charge in [0.2, 0.25) is 0 Å². The zero-order valence-electron chi connectivity index (χ0n) is 18.5. The number of carbonyl (C=O) groups excluding carboxylic acids is 1. The number of aromatic nitrogens is 1. The number of carbonyl (C=O) groups is 1. The lowest BCUT2D eigenvalue weighted by molar-refractivity contribution is -0.139. The minimum atomic E-state index is -3.44. The van der Waals surface area contributed by atoms with Crippen LogP contribution in [0.4, 0.5) is 4.39 Å². The van der Waals surface area contributed by atoms with E-state index in [1.807, 2.05) is 45.0 Å². The van der Waals surface area contributed by atoms with Crippen molar-refractivity contribution in [3.05, 3.63) is 65.5 Å². The van der Waals surface area contributed by atoms with Crippen LogP contribution in [-0.2, 0) is 19.5 Å². The average molecular weight is 469 g/mol. The summed E-state index contributed by atoms with van der Waals surface area (Å²) in [6, 6.07) is 12.9. The second kappa shape index (κ2) is 9.84. The molecule has 3 atom stereocenters. The number of halogens is 1. The van der Waals surface area contributed by atoms with E-state index < -0.39 is 43.4 Å². The summed E-state index contributed by atoms with van der Waals surface area (Å²) in [4.78, 5) is 27.0. The number of hydrogen-bond donors (Lipinski definition) is 2. The van der Waals surface area contributed by atoms with Gasteiger partial charge in [-0.15, -0.1) is 0 Å². The Bertz CT molecular complexity index is 1240. The van der Waals surface area contributed by atoms with E-state index in [4.69, 9.17) is 11.4 Å². The Hall–Kier alpha value is -3.04. The Morgan fingerprint density at radius 3 is 2.42 bits per heavy atom. The average Bonchev–Trinajstić information content (AvgIpc) is 2.72. The zero-order valence-corrected chi connectivity index (χ0v) is 19.5. The van der Waals surface area contributed by atoms with Crippen LogP contribution in [0.25, 0.3) is 22.2 Å². The van der Waals surface area contributed by atoms with Gasteiger partial charge in [0, 0.05) is 10.9 Å². The van der Waals surface area contributed by atoms with Crippen molar-refractivity contribution < 1.29 is 28.5 Å². The van der Waals surface area contributed by atoms with Crippen molar-refractivity contribution in [3.63, 3.8) is 0 Å². The van der Waals surface area contributed by atoms with Crippen LogP contribution in [0.5, 0.6) is 0 Å². The van der Waals surface area contributed by atoms with Gasteiger partial charge in [-0.25, -0.2) is 9.37 Å². The largest absolute Gasteiger partial charge is 0.391 e. The number of para-hydroxylation sites is 1. The van der Waals surface area contributed by atoms with Gasteiger partial charge >= 0.3 is 5.97 Å². The van der Waals surface area contributed by atoms with Crippen molar-refractivity contribution in [2.45, 2.75) is 44.4 Å². The number of pyridine rings is 1. The number of nitrogens with zero attached hydrogens (tertiary/aromatic N) is 1. The molecule has 2 N–H and O–H groups in total. The van der Waals surface area contributed by atoms with E-state index in [9.17, 15) is 23.7 Å². The number of benzene rings is 2. The van der Waals surface area contributed by atoms with E-state index in [-0.39, 0.29) is 0 Å². The highest BCUT2D eigenvalue weighted by Crippen LogP contribution is 2.50. The number of fused-ring (bicyclic) bond motifs is 1. The van der Waals surface area contributed by atoms with Crippen molar-refractivity contribution in [1.29, 1.82) is 0 Å². The number of ether oxygens (including phenoxy) is 1. The molecule has 6 nitrogen and oxygen atoms in total. The first-order valence-electron chi connectivity index (χ1n) is 10.3. The van der Waals surface area contributed by atoms with Gasteiger partial charge in [-0.1, -0.05) is 45.4 Å². The van der Waals surface area contributed by atoms with Crippen molar-refractivity contribution in [3.8, 4) is 23.8 Å². The van der Waals surface area contributed by atoms with E-state index in [0.29, 0.717) is 27.9 Å². The third-order valence-electron chi connectivity index (χ3n) is 5.31. The van der Waals surface area contributed by atoms with E-state index in [1.54, 1.807) is 6.11 Å². The maximum atomic E-state index is 13.6. The zero-order chi connectivity index (χ0) is 24.3. The first kappa shape index (κ1) is 24.6. The lowest BCUT2D eigenvalue weighted by atomic mass is 9.78. The van der Waals surface area contributed by atoms with Crippen LogP contribution in [0.15, 0.2) is 48.5 Å². The van der Waals surface area contributed by atoms with E-state index in [0.717, 1.165) is 5.39 Å². The molecule has 0 amide bonds. The van der Waals surface area contributed by atoms with Crippen LogP contribution < -0.4 is 0 Å². The van der Waals surface area contributed by atoms with Crippen molar-refractivity contribution in [1.82, 2.24) is 4.98 Å². The molecule has 0 aliphatic heterocycles. The normalized spacial score (nSPS) is 14.3. The number of aliphatic hydroxyl groups excluding tert-OH is 1. The molecule has 0 saturated heterocycles. The summed E-state index contributed by atoms with van der Waals surface area (Å²) in [6.07, 6.45) is 4.59. The molecule has 0 fully saturated rings. The minimum absolute atomic E-state index is 0.334. The van der Waals surface area contributed by atoms with Crippen molar-refractivity contribution >= 4 is 24.9 Å². The summed E-state index contributed by atoms with van der Waals surface area (Å²) >= 11 is 0. The first-order valence-corrected chi connectivity index (χ1v) is 11.7. The Labute approximate surface area is 192 Å². The fourth-order valence-corrected chi connectivity index (χ4v) is 5.02. The van der Waals surface area contributed by atoms with Gasteiger partial charge in [-0.3, -0.25) is 9.36 Å². The minimum Gasteiger partial charge on any atom is -0.391 e. The quantitative estimate of drug-likeness (QED) is 0.308. The lowest BCUT2D eigenvalue weighted by Crippen LogP contribution is -2.26. The molecule has 172 valence electrons. The predicted octanol–water partition coefficient (Wildman–Crippen LogP) is 4.73. The Morgan fingerprint density at radius 2 is 1.85 bits per heavy atom. The van der Waals surface area contributed by atoms with Crippen LogP contribution in [0.3, 0.4) is 0 Å². The Balaban J connectivity index is 2.40. The highest BCUT2D eigenvalue weighted by atomic mass is 31.1. The second-order valence-corrected chi connectivity index (χ2v) is 10.0. The standard InChI is InChI=1S/C25H25FNO5P/c1-5-32-20(29)14-19(28)24(33(30)31)21-22(25(2,3)4)17-8-6-7-9-18(17)27-23(21)15-10-12-16(26)13-11-15/h1,6-13,19,24,28,33H,14H2,2-4H3,(H,30,31). The van der Waals surface area contributed by atoms with Crippen LogP contribution in [0, 0.1) is 18.3 Å². The van der Waals surface area contributed by atoms with Gasteiger partial charge in [-0.05, 0) is 46.9 Å². The number of terminal acetylenes is 1.